The lowest BCUT2D eigenvalue weighted by atomic mass is 10.2. The molecule has 0 radical (unpaired) electrons. The Morgan fingerprint density at radius 2 is 2.11 bits per heavy atom. The van der Waals surface area contributed by atoms with E-state index in [9.17, 15) is 9.59 Å². The lowest BCUT2D eigenvalue weighted by Crippen LogP contribution is -2.28. The van der Waals surface area contributed by atoms with Crippen LogP contribution in [0.2, 0.25) is 0 Å². The lowest BCUT2D eigenvalue weighted by molar-refractivity contribution is -0.122. The molecule has 0 atom stereocenters. The second-order valence-electron chi connectivity index (χ2n) is 7.17. The number of hydrogen-bond donors (Lipinski definition) is 1. The van der Waals surface area contributed by atoms with E-state index in [-0.39, 0.29) is 11.5 Å². The molecule has 3 rings (SSSR count). The highest BCUT2D eigenvalue weighted by Gasteiger charge is 2.32. The van der Waals surface area contributed by atoms with Crippen LogP contribution in [-0.2, 0) is 4.79 Å². The van der Waals surface area contributed by atoms with Gasteiger partial charge in [0.05, 0.1) is 10.5 Å². The quantitative estimate of drug-likeness (QED) is 0.572. The highest BCUT2D eigenvalue weighted by Crippen LogP contribution is 2.33. The number of carbonyl (C=O) groups excluding carboxylic acids is 1. The van der Waals surface area contributed by atoms with Crippen molar-refractivity contribution in [3.63, 3.8) is 0 Å². The molecular weight excluding hydrogens is 392 g/mol. The predicted octanol–water partition coefficient (Wildman–Crippen LogP) is 3.68. The molecule has 0 unspecified atom stereocenters. The summed E-state index contributed by atoms with van der Waals surface area (Å²) in [5, 5.41) is 3.27. The monoisotopic (exact) mass is 416 g/mol. The first-order valence-corrected chi connectivity index (χ1v) is 10.6. The average Bonchev–Trinajstić information content (AvgIpc) is 2.91. The molecule has 0 aromatic carbocycles. The van der Waals surface area contributed by atoms with Gasteiger partial charge in [-0.3, -0.25) is 18.9 Å². The second-order valence-corrected chi connectivity index (χ2v) is 8.85. The highest BCUT2D eigenvalue weighted by molar-refractivity contribution is 8.26. The number of fused-ring (bicyclic) bond motifs is 1. The van der Waals surface area contributed by atoms with Gasteiger partial charge < -0.3 is 5.32 Å². The van der Waals surface area contributed by atoms with Crippen LogP contribution >= 0.6 is 24.0 Å². The third kappa shape index (κ3) is 3.98. The number of hydrogen-bond acceptors (Lipinski definition) is 6. The van der Waals surface area contributed by atoms with E-state index in [1.165, 1.54) is 16.2 Å². The summed E-state index contributed by atoms with van der Waals surface area (Å²) in [5.41, 5.74) is 1.68. The van der Waals surface area contributed by atoms with Gasteiger partial charge in [0.1, 0.15) is 15.8 Å². The average molecular weight is 417 g/mol. The Morgan fingerprint density at radius 1 is 1.36 bits per heavy atom. The van der Waals surface area contributed by atoms with Crippen LogP contribution < -0.4 is 10.9 Å². The summed E-state index contributed by atoms with van der Waals surface area (Å²) in [6.07, 6.45) is 4.14. The van der Waals surface area contributed by atoms with Gasteiger partial charge >= 0.3 is 0 Å². The fourth-order valence-corrected chi connectivity index (χ4v) is 4.22. The van der Waals surface area contributed by atoms with Crippen molar-refractivity contribution < 1.29 is 4.79 Å². The maximum atomic E-state index is 13.2. The maximum absolute atomic E-state index is 13.2. The highest BCUT2D eigenvalue weighted by atomic mass is 32.2. The zero-order chi connectivity index (χ0) is 20.4. The summed E-state index contributed by atoms with van der Waals surface area (Å²) >= 11 is 6.57. The van der Waals surface area contributed by atoms with Crippen LogP contribution in [-0.4, -0.2) is 37.6 Å². The van der Waals surface area contributed by atoms with Gasteiger partial charge in [-0.05, 0) is 37.0 Å². The molecule has 3 heterocycles. The molecule has 1 saturated heterocycles. The SMILES string of the molecule is CCCN1C(=O)/C(=C/c2c(NCC(C)C)nc3c(C)cccn3c2=O)SC1=S. The number of carbonyl (C=O) groups is 1. The van der Waals surface area contributed by atoms with Gasteiger partial charge in [0.15, 0.2) is 0 Å². The van der Waals surface area contributed by atoms with E-state index in [1.54, 1.807) is 17.2 Å². The van der Waals surface area contributed by atoms with Crippen LogP contribution in [0.1, 0.15) is 38.3 Å². The Kier molecular flexibility index (Phi) is 6.20. The van der Waals surface area contributed by atoms with E-state index in [2.05, 4.69) is 24.1 Å². The fraction of sp³-hybridized carbons (Fsp3) is 0.400. The number of anilines is 1. The topological polar surface area (TPSA) is 66.7 Å². The molecule has 1 fully saturated rings. The zero-order valence-electron chi connectivity index (χ0n) is 16.5. The second kappa shape index (κ2) is 8.45. The number of aryl methyl sites for hydroxylation is 1. The molecule has 1 aliphatic rings. The Labute approximate surface area is 174 Å². The normalized spacial score (nSPS) is 16.0. The summed E-state index contributed by atoms with van der Waals surface area (Å²) in [7, 11) is 0. The number of amides is 1. The van der Waals surface area contributed by atoms with Crippen molar-refractivity contribution in [2.75, 3.05) is 18.4 Å². The molecule has 1 aliphatic heterocycles. The number of pyridine rings is 1. The first kappa shape index (κ1) is 20.5. The van der Waals surface area contributed by atoms with Gasteiger partial charge in [-0.2, -0.15) is 0 Å². The molecule has 8 heteroatoms. The van der Waals surface area contributed by atoms with E-state index in [4.69, 9.17) is 12.2 Å². The number of nitrogens with zero attached hydrogens (tertiary/aromatic N) is 3. The summed E-state index contributed by atoms with van der Waals surface area (Å²) in [6.45, 7) is 9.34. The largest absolute Gasteiger partial charge is 0.369 e. The standard InChI is InChI=1S/C20H24N4O2S2/c1-5-8-24-19(26)15(28-20(24)27)10-14-16(21-11-12(2)3)22-17-13(4)7-6-9-23(17)18(14)25/h6-7,9-10,12,21H,5,8,11H2,1-4H3/b15-10-. The molecule has 1 N–H and O–H groups in total. The molecular formula is C20H24N4O2S2. The van der Waals surface area contributed by atoms with Gasteiger partial charge in [-0.15, -0.1) is 0 Å². The number of thiocarbonyl (C=S) groups is 1. The number of nitrogens with one attached hydrogen (secondary N) is 1. The third-order valence-electron chi connectivity index (χ3n) is 4.36. The van der Waals surface area contributed by atoms with Crippen LogP contribution in [0.25, 0.3) is 11.7 Å². The van der Waals surface area contributed by atoms with Gasteiger partial charge in [0.2, 0.25) is 0 Å². The Morgan fingerprint density at radius 3 is 2.79 bits per heavy atom. The lowest BCUT2D eigenvalue weighted by Gasteiger charge is -2.14. The smallest absolute Gasteiger partial charge is 0.267 e. The zero-order valence-corrected chi connectivity index (χ0v) is 18.1. The third-order valence-corrected chi connectivity index (χ3v) is 5.74. The summed E-state index contributed by atoms with van der Waals surface area (Å²) in [6, 6.07) is 3.74. The first-order chi connectivity index (χ1) is 13.3. The van der Waals surface area contributed by atoms with Crippen LogP contribution in [0.15, 0.2) is 28.0 Å². The van der Waals surface area contributed by atoms with E-state index in [1.807, 2.05) is 26.0 Å². The van der Waals surface area contributed by atoms with Crippen molar-refractivity contribution in [3.8, 4) is 0 Å². The van der Waals surface area contributed by atoms with E-state index in [0.717, 1.165) is 12.0 Å². The van der Waals surface area contributed by atoms with Crippen LogP contribution in [0.3, 0.4) is 0 Å². The number of aromatic nitrogens is 2. The minimum absolute atomic E-state index is 0.152. The van der Waals surface area contributed by atoms with Crippen molar-refractivity contribution in [2.24, 2.45) is 5.92 Å². The van der Waals surface area contributed by atoms with Crippen molar-refractivity contribution >= 4 is 51.7 Å². The van der Waals surface area contributed by atoms with Crippen molar-refractivity contribution in [3.05, 3.63) is 44.7 Å². The summed E-state index contributed by atoms with van der Waals surface area (Å²) in [5.74, 6) is 0.724. The van der Waals surface area contributed by atoms with Crippen molar-refractivity contribution in [1.29, 1.82) is 0 Å². The maximum Gasteiger partial charge on any atom is 0.267 e. The summed E-state index contributed by atoms with van der Waals surface area (Å²) < 4.78 is 2.05. The molecule has 1 amide bonds. The molecule has 28 heavy (non-hydrogen) atoms. The van der Waals surface area contributed by atoms with Gasteiger partial charge in [-0.1, -0.05) is 50.8 Å². The molecule has 0 bridgehead atoms. The van der Waals surface area contributed by atoms with Crippen molar-refractivity contribution in [2.45, 2.75) is 34.1 Å². The van der Waals surface area contributed by atoms with Gasteiger partial charge in [0, 0.05) is 19.3 Å². The number of thioether (sulfide) groups is 1. The number of rotatable bonds is 6. The predicted molar refractivity (Wildman–Crippen MR) is 120 cm³/mol. The molecule has 2 aromatic heterocycles. The van der Waals surface area contributed by atoms with E-state index in [0.29, 0.717) is 45.3 Å². The van der Waals surface area contributed by atoms with Crippen LogP contribution in [0.4, 0.5) is 5.82 Å². The Hall–Kier alpha value is -2.19. The van der Waals surface area contributed by atoms with Crippen LogP contribution in [0.5, 0.6) is 0 Å². The molecule has 0 saturated carbocycles. The minimum atomic E-state index is -0.208. The minimum Gasteiger partial charge on any atom is -0.369 e. The molecule has 0 aliphatic carbocycles. The molecule has 0 spiro atoms. The fourth-order valence-electron chi connectivity index (χ4n) is 2.92. The Bertz CT molecular complexity index is 1030. The summed E-state index contributed by atoms with van der Waals surface area (Å²) in [4.78, 5) is 32.6. The molecule has 6 nitrogen and oxygen atoms in total. The Balaban J connectivity index is 2.15. The van der Waals surface area contributed by atoms with E-state index >= 15 is 0 Å². The van der Waals surface area contributed by atoms with Crippen molar-refractivity contribution in [1.82, 2.24) is 14.3 Å². The van der Waals surface area contributed by atoms with E-state index < -0.39 is 0 Å². The van der Waals surface area contributed by atoms with Gasteiger partial charge in [-0.25, -0.2) is 4.98 Å². The van der Waals surface area contributed by atoms with Gasteiger partial charge in [0.25, 0.3) is 11.5 Å². The molecule has 148 valence electrons. The molecule has 2 aromatic rings. The van der Waals surface area contributed by atoms with Crippen LogP contribution in [0, 0.1) is 12.8 Å². The first-order valence-electron chi connectivity index (χ1n) is 9.34.